The second-order valence-electron chi connectivity index (χ2n) is 5.40. The zero-order chi connectivity index (χ0) is 17.7. The van der Waals surface area contributed by atoms with Gasteiger partial charge in [-0.05, 0) is 19.2 Å². The summed E-state index contributed by atoms with van der Waals surface area (Å²) < 4.78 is 37.7. The van der Waals surface area contributed by atoms with Crippen molar-refractivity contribution in [1.29, 1.82) is 0 Å². The lowest BCUT2D eigenvalue weighted by molar-refractivity contribution is -0.137. The van der Waals surface area contributed by atoms with Crippen molar-refractivity contribution in [2.45, 2.75) is 19.6 Å². The first-order chi connectivity index (χ1) is 11.3. The highest BCUT2D eigenvalue weighted by atomic mass is 32.1. The number of carbonyl (C=O) groups is 1. The predicted molar refractivity (Wildman–Crippen MR) is 87.5 cm³/mol. The quantitative estimate of drug-likeness (QED) is 0.834. The molecule has 2 N–H and O–H groups in total. The van der Waals surface area contributed by atoms with Gasteiger partial charge in [0.15, 0.2) is 0 Å². The Hall–Kier alpha value is -1.93. The lowest BCUT2D eigenvalue weighted by Gasteiger charge is -2.10. The average Bonchev–Trinajstić information content (AvgIpc) is 3.01. The molecule has 0 aliphatic carbocycles. The number of hydrogen-bond donors (Lipinski definition) is 2. The van der Waals surface area contributed by atoms with Crippen LogP contribution in [0.4, 0.5) is 13.2 Å². The van der Waals surface area contributed by atoms with E-state index in [1.54, 1.807) is 12.4 Å². The van der Waals surface area contributed by atoms with Crippen LogP contribution in [-0.2, 0) is 17.5 Å². The van der Waals surface area contributed by atoms with Crippen LogP contribution < -0.4 is 10.6 Å². The van der Waals surface area contributed by atoms with Crippen LogP contribution in [0, 0.1) is 5.92 Å². The molecular weight excluding hydrogens is 339 g/mol. The van der Waals surface area contributed by atoms with Gasteiger partial charge in [-0.1, -0.05) is 19.1 Å². The maximum atomic E-state index is 12.6. The summed E-state index contributed by atoms with van der Waals surface area (Å²) in [5.74, 6) is -0.226. The Morgan fingerprint density at radius 1 is 1.29 bits per heavy atom. The topological polar surface area (TPSA) is 54.0 Å². The van der Waals surface area contributed by atoms with Gasteiger partial charge in [0.1, 0.15) is 5.01 Å². The van der Waals surface area contributed by atoms with Crippen LogP contribution >= 0.6 is 11.3 Å². The number of nitrogens with one attached hydrogen (secondary N) is 2. The Balaban J connectivity index is 1.99. The molecule has 0 saturated heterocycles. The third-order valence-corrected chi connectivity index (χ3v) is 4.35. The van der Waals surface area contributed by atoms with Gasteiger partial charge >= 0.3 is 6.18 Å². The highest BCUT2D eigenvalue weighted by Crippen LogP contribution is 2.31. The fourth-order valence-electron chi connectivity index (χ4n) is 2.07. The van der Waals surface area contributed by atoms with E-state index in [2.05, 4.69) is 15.6 Å². The molecular formula is C16H18F3N3OS. The van der Waals surface area contributed by atoms with Crippen LogP contribution in [0.1, 0.15) is 18.2 Å². The SMILES string of the molecule is CNCC(C)C(=O)NCc1csc(-c2ccc(C(F)(F)F)cc2)n1. The van der Waals surface area contributed by atoms with Gasteiger partial charge in [-0.15, -0.1) is 11.3 Å². The molecule has 24 heavy (non-hydrogen) atoms. The first-order valence-corrected chi connectivity index (χ1v) is 8.23. The highest BCUT2D eigenvalue weighted by molar-refractivity contribution is 7.13. The summed E-state index contributed by atoms with van der Waals surface area (Å²) in [6.45, 7) is 2.70. The van der Waals surface area contributed by atoms with Crippen molar-refractivity contribution >= 4 is 17.2 Å². The van der Waals surface area contributed by atoms with Gasteiger partial charge in [0.2, 0.25) is 5.91 Å². The first kappa shape index (κ1) is 18.4. The molecule has 1 unspecified atom stereocenters. The van der Waals surface area contributed by atoms with Crippen molar-refractivity contribution < 1.29 is 18.0 Å². The van der Waals surface area contributed by atoms with Crippen molar-refractivity contribution in [3.8, 4) is 10.6 Å². The monoisotopic (exact) mass is 357 g/mol. The molecule has 0 aliphatic heterocycles. The molecule has 0 spiro atoms. The molecule has 2 aromatic rings. The molecule has 0 fully saturated rings. The highest BCUT2D eigenvalue weighted by Gasteiger charge is 2.30. The van der Waals surface area contributed by atoms with E-state index >= 15 is 0 Å². The second-order valence-corrected chi connectivity index (χ2v) is 6.25. The molecule has 8 heteroatoms. The minimum Gasteiger partial charge on any atom is -0.350 e. The molecule has 4 nitrogen and oxygen atoms in total. The number of thiazole rings is 1. The van der Waals surface area contributed by atoms with E-state index in [-0.39, 0.29) is 11.8 Å². The Kier molecular flexibility index (Phi) is 5.95. The third kappa shape index (κ3) is 4.78. The second kappa shape index (κ2) is 7.76. The maximum absolute atomic E-state index is 12.6. The number of carbonyl (C=O) groups excluding carboxylic acids is 1. The third-order valence-electron chi connectivity index (χ3n) is 3.41. The molecule has 1 heterocycles. The number of nitrogens with zero attached hydrogens (tertiary/aromatic N) is 1. The molecule has 1 aromatic heterocycles. The standard InChI is InChI=1S/C16H18F3N3OS/c1-10(7-20-2)14(23)21-8-13-9-24-15(22-13)11-3-5-12(6-4-11)16(17,18)19/h3-6,9-10,20H,7-8H2,1-2H3,(H,21,23). The van der Waals surface area contributed by atoms with Crippen LogP contribution in [0.3, 0.4) is 0 Å². The molecule has 0 aliphatic rings. The Morgan fingerprint density at radius 2 is 1.96 bits per heavy atom. The van der Waals surface area contributed by atoms with E-state index in [1.165, 1.54) is 23.5 Å². The molecule has 2 rings (SSSR count). The van der Waals surface area contributed by atoms with E-state index in [1.807, 2.05) is 6.92 Å². The molecule has 0 saturated carbocycles. The summed E-state index contributed by atoms with van der Waals surface area (Å²) in [5, 5.41) is 8.14. The van der Waals surface area contributed by atoms with Gasteiger partial charge in [0.05, 0.1) is 17.8 Å². The van der Waals surface area contributed by atoms with Crippen molar-refractivity contribution in [1.82, 2.24) is 15.6 Å². The summed E-state index contributed by atoms with van der Waals surface area (Å²) in [5.41, 5.74) is 0.614. The van der Waals surface area contributed by atoms with Crippen molar-refractivity contribution in [3.05, 3.63) is 40.9 Å². The fourth-order valence-corrected chi connectivity index (χ4v) is 2.90. The molecule has 1 amide bonds. The van der Waals surface area contributed by atoms with Crippen LogP contribution in [0.5, 0.6) is 0 Å². The lowest BCUT2D eigenvalue weighted by atomic mass is 10.1. The van der Waals surface area contributed by atoms with Gasteiger partial charge in [-0.3, -0.25) is 4.79 Å². The summed E-state index contributed by atoms with van der Waals surface area (Å²) in [4.78, 5) is 16.2. The summed E-state index contributed by atoms with van der Waals surface area (Å²) in [6.07, 6.45) is -4.35. The summed E-state index contributed by atoms with van der Waals surface area (Å²) in [6, 6.07) is 4.88. The smallest absolute Gasteiger partial charge is 0.350 e. The van der Waals surface area contributed by atoms with E-state index in [0.29, 0.717) is 29.4 Å². The van der Waals surface area contributed by atoms with Gasteiger partial charge < -0.3 is 10.6 Å². The zero-order valence-electron chi connectivity index (χ0n) is 13.3. The Morgan fingerprint density at radius 3 is 2.54 bits per heavy atom. The zero-order valence-corrected chi connectivity index (χ0v) is 14.1. The molecule has 0 radical (unpaired) electrons. The minimum absolute atomic E-state index is 0.0755. The number of aromatic nitrogens is 1. The average molecular weight is 357 g/mol. The molecule has 0 bridgehead atoms. The summed E-state index contributed by atoms with van der Waals surface area (Å²) >= 11 is 1.33. The minimum atomic E-state index is -4.35. The fraction of sp³-hybridized carbons (Fsp3) is 0.375. The lowest BCUT2D eigenvalue weighted by Crippen LogP contribution is -2.33. The van der Waals surface area contributed by atoms with Gasteiger partial charge in [-0.2, -0.15) is 13.2 Å². The van der Waals surface area contributed by atoms with Gasteiger partial charge in [-0.25, -0.2) is 4.98 Å². The molecule has 1 aromatic carbocycles. The van der Waals surface area contributed by atoms with Crippen molar-refractivity contribution in [2.24, 2.45) is 5.92 Å². The number of alkyl halides is 3. The van der Waals surface area contributed by atoms with Gasteiger partial charge in [0, 0.05) is 23.4 Å². The van der Waals surface area contributed by atoms with Crippen LogP contribution in [0.25, 0.3) is 10.6 Å². The normalized spacial score (nSPS) is 12.9. The number of amides is 1. The van der Waals surface area contributed by atoms with Crippen LogP contribution in [-0.4, -0.2) is 24.5 Å². The summed E-state index contributed by atoms with van der Waals surface area (Å²) in [7, 11) is 1.78. The predicted octanol–water partition coefficient (Wildman–Crippen LogP) is 3.30. The molecule has 130 valence electrons. The van der Waals surface area contributed by atoms with Crippen molar-refractivity contribution in [2.75, 3.05) is 13.6 Å². The first-order valence-electron chi connectivity index (χ1n) is 7.35. The van der Waals surface area contributed by atoms with Crippen LogP contribution in [0.15, 0.2) is 29.6 Å². The number of hydrogen-bond acceptors (Lipinski definition) is 4. The Bertz CT molecular complexity index is 683. The maximum Gasteiger partial charge on any atom is 0.416 e. The van der Waals surface area contributed by atoms with Crippen molar-refractivity contribution in [3.63, 3.8) is 0 Å². The largest absolute Gasteiger partial charge is 0.416 e. The van der Waals surface area contributed by atoms with E-state index in [4.69, 9.17) is 0 Å². The van der Waals surface area contributed by atoms with Crippen LogP contribution in [0.2, 0.25) is 0 Å². The number of halogens is 3. The van der Waals surface area contributed by atoms with E-state index in [9.17, 15) is 18.0 Å². The number of benzene rings is 1. The Labute approximate surface area is 142 Å². The van der Waals surface area contributed by atoms with Gasteiger partial charge in [0.25, 0.3) is 0 Å². The molecule has 1 atom stereocenters. The van der Waals surface area contributed by atoms with E-state index < -0.39 is 11.7 Å². The number of rotatable bonds is 6. The van der Waals surface area contributed by atoms with E-state index in [0.717, 1.165) is 12.1 Å².